The minimum Gasteiger partial charge on any atom is -0.507 e. The standard InChI is InChI=1S/C71H71N3O/c1-45(2)57-39-51(48-28-19-14-20-29-48)40-58(46(3)4)66(57)74-64-35-25-34-56(65(64)73-68(74)59-41-55(69(5,6)7)42-62(67(59)75)70(8,9)10)52-36-50(47-26-17-13-18-27-47)37-53(38-52)63-43-61(71(11,12)54-32-23-16-24-33-54)60(44-72-63)49-30-21-15-22-31-49/h13-46,75H,1-12H3. The van der Waals surface area contributed by atoms with Crippen LogP contribution in [-0.2, 0) is 16.2 Å². The molecule has 0 aliphatic rings. The molecule has 0 fully saturated rings. The minimum absolute atomic E-state index is 0.164. The summed E-state index contributed by atoms with van der Waals surface area (Å²) in [5.74, 6) is 1.31. The molecular formula is C71H71N3O. The van der Waals surface area contributed by atoms with Gasteiger partial charge in [0.15, 0.2) is 0 Å². The largest absolute Gasteiger partial charge is 0.507 e. The second-order valence-corrected chi connectivity index (χ2v) is 23.7. The number of imidazole rings is 1. The van der Waals surface area contributed by atoms with E-state index in [0.29, 0.717) is 5.82 Å². The van der Waals surface area contributed by atoms with Crippen LogP contribution in [0.3, 0.4) is 0 Å². The van der Waals surface area contributed by atoms with Gasteiger partial charge in [-0.1, -0.05) is 223 Å². The number of hydrogen-bond acceptors (Lipinski definition) is 3. The van der Waals surface area contributed by atoms with Crippen LogP contribution in [-0.4, -0.2) is 19.6 Å². The van der Waals surface area contributed by atoms with Gasteiger partial charge in [-0.25, -0.2) is 4.98 Å². The van der Waals surface area contributed by atoms with Crippen LogP contribution in [0.15, 0.2) is 194 Å². The van der Waals surface area contributed by atoms with E-state index in [9.17, 15) is 5.11 Å². The number of aromatic nitrogens is 3. The van der Waals surface area contributed by atoms with E-state index in [0.717, 1.165) is 78.0 Å². The van der Waals surface area contributed by atoms with Crippen LogP contribution in [0.25, 0.3) is 83.9 Å². The molecule has 0 radical (unpaired) electrons. The number of phenolic OH excluding ortho intramolecular Hbond substituents is 1. The second kappa shape index (κ2) is 19.8. The number of fused-ring (bicyclic) bond motifs is 1. The molecule has 4 heteroatoms. The smallest absolute Gasteiger partial charge is 0.149 e. The molecule has 0 saturated carbocycles. The van der Waals surface area contributed by atoms with Crippen LogP contribution >= 0.6 is 0 Å². The van der Waals surface area contributed by atoms with E-state index in [1.54, 1.807) is 0 Å². The number of aromatic hydroxyl groups is 1. The van der Waals surface area contributed by atoms with Gasteiger partial charge in [0.2, 0.25) is 0 Å². The summed E-state index contributed by atoms with van der Waals surface area (Å²) in [5, 5.41) is 12.8. The van der Waals surface area contributed by atoms with Gasteiger partial charge < -0.3 is 5.11 Å². The van der Waals surface area contributed by atoms with E-state index in [4.69, 9.17) is 9.97 Å². The van der Waals surface area contributed by atoms with E-state index in [1.807, 2.05) is 0 Å². The van der Waals surface area contributed by atoms with E-state index in [1.165, 1.54) is 33.4 Å². The van der Waals surface area contributed by atoms with Crippen molar-refractivity contribution in [3.63, 3.8) is 0 Å². The average molecular weight is 982 g/mol. The third-order valence-electron chi connectivity index (χ3n) is 15.3. The molecule has 2 heterocycles. The van der Waals surface area contributed by atoms with Crippen LogP contribution in [0.4, 0.5) is 0 Å². The van der Waals surface area contributed by atoms with Crippen molar-refractivity contribution >= 4 is 11.0 Å². The van der Waals surface area contributed by atoms with Crippen LogP contribution in [0.5, 0.6) is 5.75 Å². The zero-order valence-corrected chi connectivity index (χ0v) is 45.9. The van der Waals surface area contributed by atoms with Crippen LogP contribution in [0.1, 0.15) is 128 Å². The Kier molecular flexibility index (Phi) is 13.4. The lowest BCUT2D eigenvalue weighted by atomic mass is 9.75. The van der Waals surface area contributed by atoms with Gasteiger partial charge in [0.05, 0.1) is 28.0 Å². The third-order valence-corrected chi connectivity index (χ3v) is 15.3. The van der Waals surface area contributed by atoms with Gasteiger partial charge in [0, 0.05) is 33.9 Å². The summed E-state index contributed by atoms with van der Waals surface area (Å²) in [7, 11) is 0. The molecule has 0 atom stereocenters. The van der Waals surface area contributed by atoms with Crippen molar-refractivity contribution in [3.05, 3.63) is 228 Å². The highest BCUT2D eigenvalue weighted by atomic mass is 16.3. The van der Waals surface area contributed by atoms with Crippen LogP contribution in [0, 0.1) is 0 Å². The summed E-state index contributed by atoms with van der Waals surface area (Å²) in [4.78, 5) is 11.2. The number of pyridine rings is 1. The lowest BCUT2D eigenvalue weighted by Gasteiger charge is -2.29. The van der Waals surface area contributed by atoms with Crippen molar-refractivity contribution in [1.29, 1.82) is 0 Å². The molecule has 75 heavy (non-hydrogen) atoms. The van der Waals surface area contributed by atoms with Crippen molar-refractivity contribution in [1.82, 2.24) is 14.5 Å². The Morgan fingerprint density at radius 1 is 0.427 bits per heavy atom. The maximum absolute atomic E-state index is 12.8. The quantitative estimate of drug-likeness (QED) is 0.140. The number of phenols is 1. The van der Waals surface area contributed by atoms with E-state index >= 15 is 0 Å². The topological polar surface area (TPSA) is 50.9 Å². The molecule has 0 saturated heterocycles. The van der Waals surface area contributed by atoms with Gasteiger partial charge in [-0.2, -0.15) is 0 Å². The molecule has 10 aromatic rings. The molecule has 10 rings (SSSR count). The van der Waals surface area contributed by atoms with E-state index in [2.05, 4.69) is 282 Å². The first kappa shape index (κ1) is 50.7. The number of rotatable bonds is 11. The van der Waals surface area contributed by atoms with Gasteiger partial charge in [0.25, 0.3) is 0 Å². The molecule has 4 nitrogen and oxygen atoms in total. The lowest BCUT2D eigenvalue weighted by molar-refractivity contribution is 0.446. The van der Waals surface area contributed by atoms with Crippen molar-refractivity contribution in [3.8, 4) is 78.6 Å². The van der Waals surface area contributed by atoms with Gasteiger partial charge in [-0.15, -0.1) is 0 Å². The zero-order chi connectivity index (χ0) is 53.0. The Morgan fingerprint density at radius 3 is 1.49 bits per heavy atom. The van der Waals surface area contributed by atoms with Crippen molar-refractivity contribution in [2.75, 3.05) is 0 Å². The monoisotopic (exact) mass is 982 g/mol. The molecule has 0 aliphatic carbocycles. The first-order valence-corrected chi connectivity index (χ1v) is 26.8. The second-order valence-electron chi connectivity index (χ2n) is 23.7. The molecular weight excluding hydrogens is 911 g/mol. The number of para-hydroxylation sites is 1. The van der Waals surface area contributed by atoms with Gasteiger partial charge in [-0.05, 0) is 132 Å². The Morgan fingerprint density at radius 2 is 0.947 bits per heavy atom. The Labute approximate surface area is 445 Å². The van der Waals surface area contributed by atoms with Crippen molar-refractivity contribution < 1.29 is 5.11 Å². The molecule has 2 aromatic heterocycles. The molecule has 0 amide bonds. The third kappa shape index (κ3) is 9.75. The molecule has 0 bridgehead atoms. The summed E-state index contributed by atoms with van der Waals surface area (Å²) in [6.45, 7) is 27.1. The predicted molar refractivity (Wildman–Crippen MR) is 317 cm³/mol. The molecule has 0 unspecified atom stereocenters. The molecule has 376 valence electrons. The SMILES string of the molecule is CC(C)c1cc(-c2ccccc2)cc(C(C)C)c1-n1c(-c2cc(C(C)(C)C)cc(C(C)(C)C)c2O)nc2c(-c3cc(-c4ccccc4)cc(-c4cc(C(C)(C)c5ccccc5)c(-c5ccccc5)cn4)c3)cccc21. The summed E-state index contributed by atoms with van der Waals surface area (Å²) >= 11 is 0. The maximum atomic E-state index is 12.8. The summed E-state index contributed by atoms with van der Waals surface area (Å²) in [6.07, 6.45) is 2.07. The molecule has 0 spiro atoms. The summed E-state index contributed by atoms with van der Waals surface area (Å²) in [6, 6.07) is 67.8. The van der Waals surface area contributed by atoms with Crippen molar-refractivity contribution in [2.45, 2.75) is 111 Å². The predicted octanol–water partition coefficient (Wildman–Crippen LogP) is 19.3. The van der Waals surface area contributed by atoms with Gasteiger partial charge in [-0.3, -0.25) is 9.55 Å². The van der Waals surface area contributed by atoms with Gasteiger partial charge >= 0.3 is 0 Å². The van der Waals surface area contributed by atoms with E-state index in [-0.39, 0.29) is 33.8 Å². The fourth-order valence-corrected chi connectivity index (χ4v) is 10.9. The van der Waals surface area contributed by atoms with Crippen molar-refractivity contribution in [2.24, 2.45) is 0 Å². The number of nitrogens with zero attached hydrogens (tertiary/aromatic N) is 3. The van der Waals surface area contributed by atoms with Crippen LogP contribution in [0.2, 0.25) is 0 Å². The first-order chi connectivity index (χ1) is 35.8. The Bertz CT molecular complexity index is 3650. The fourth-order valence-electron chi connectivity index (χ4n) is 10.9. The Balaban J connectivity index is 1.29. The fraction of sp³-hybridized carbons (Fsp3) is 0.239. The Hall–Kier alpha value is -7.82. The highest BCUT2D eigenvalue weighted by Crippen LogP contribution is 2.48. The number of hydrogen-bond donors (Lipinski definition) is 1. The summed E-state index contributed by atoms with van der Waals surface area (Å²) in [5.41, 5.74) is 20.5. The van der Waals surface area contributed by atoms with Gasteiger partial charge in [0.1, 0.15) is 11.6 Å². The normalized spacial score (nSPS) is 12.3. The first-order valence-electron chi connectivity index (χ1n) is 26.8. The maximum Gasteiger partial charge on any atom is 0.149 e. The highest BCUT2D eigenvalue weighted by Gasteiger charge is 2.32. The molecule has 0 aliphatic heterocycles. The number of benzene rings is 8. The minimum atomic E-state index is -0.344. The lowest BCUT2D eigenvalue weighted by Crippen LogP contribution is -2.20. The molecule has 1 N–H and O–H groups in total. The average Bonchev–Trinajstić information content (AvgIpc) is 3.81. The molecule has 8 aromatic carbocycles. The highest BCUT2D eigenvalue weighted by molar-refractivity contribution is 5.98. The zero-order valence-electron chi connectivity index (χ0n) is 45.9. The summed E-state index contributed by atoms with van der Waals surface area (Å²) < 4.78 is 2.38. The van der Waals surface area contributed by atoms with E-state index < -0.39 is 0 Å². The van der Waals surface area contributed by atoms with Crippen LogP contribution < -0.4 is 0 Å².